The van der Waals surface area contributed by atoms with Crippen LogP contribution in [0.4, 0.5) is 0 Å². The minimum absolute atomic E-state index is 0.123. The highest BCUT2D eigenvalue weighted by Crippen LogP contribution is 2.19. The smallest absolute Gasteiger partial charge is 0.169 e. The molecule has 2 heterocycles. The van der Waals surface area contributed by atoms with Gasteiger partial charge in [-0.2, -0.15) is 11.3 Å². The van der Waals surface area contributed by atoms with E-state index >= 15 is 0 Å². The van der Waals surface area contributed by atoms with Gasteiger partial charge in [0, 0.05) is 29.8 Å². The van der Waals surface area contributed by atoms with Crippen LogP contribution in [0.3, 0.4) is 0 Å². The molecule has 0 aliphatic heterocycles. The minimum Gasteiger partial charge on any atom is -0.294 e. The predicted octanol–water partition coefficient (Wildman–Crippen LogP) is 3.72. The van der Waals surface area contributed by atoms with Gasteiger partial charge >= 0.3 is 0 Å². The standard InChI is InChI=1S/C15H11NOS/c17-15(7-11-5-6-18-10-11)14-9-16-8-12-3-1-2-4-13(12)14/h1-6,8-10H,7H2. The molecular formula is C15H11NOS. The molecule has 2 nitrogen and oxygen atoms in total. The average Bonchev–Trinajstić information content (AvgIpc) is 2.91. The first-order valence-electron chi connectivity index (χ1n) is 5.71. The molecule has 0 N–H and O–H groups in total. The Morgan fingerprint density at radius 2 is 2.06 bits per heavy atom. The number of pyridine rings is 1. The number of aromatic nitrogens is 1. The van der Waals surface area contributed by atoms with Crippen LogP contribution in [0.5, 0.6) is 0 Å². The van der Waals surface area contributed by atoms with E-state index in [1.54, 1.807) is 23.7 Å². The van der Waals surface area contributed by atoms with Gasteiger partial charge < -0.3 is 0 Å². The van der Waals surface area contributed by atoms with E-state index in [2.05, 4.69) is 4.98 Å². The first-order chi connectivity index (χ1) is 8.84. The SMILES string of the molecule is O=C(Cc1ccsc1)c1cncc2ccccc12. The summed E-state index contributed by atoms with van der Waals surface area (Å²) in [7, 11) is 0. The van der Waals surface area contributed by atoms with Crippen molar-refractivity contribution in [2.75, 3.05) is 0 Å². The quantitative estimate of drug-likeness (QED) is 0.666. The summed E-state index contributed by atoms with van der Waals surface area (Å²) in [6.07, 6.45) is 3.90. The molecule has 1 aromatic carbocycles. The van der Waals surface area contributed by atoms with Gasteiger partial charge in [0.2, 0.25) is 0 Å². The van der Waals surface area contributed by atoms with E-state index < -0.39 is 0 Å². The Kier molecular flexibility index (Phi) is 2.90. The van der Waals surface area contributed by atoms with Crippen LogP contribution < -0.4 is 0 Å². The molecule has 0 fully saturated rings. The second-order valence-electron chi connectivity index (χ2n) is 4.14. The van der Waals surface area contributed by atoms with E-state index in [0.717, 1.165) is 16.3 Å². The van der Waals surface area contributed by atoms with Crippen molar-refractivity contribution >= 4 is 27.9 Å². The van der Waals surface area contributed by atoms with Crippen molar-refractivity contribution in [3.63, 3.8) is 0 Å². The van der Waals surface area contributed by atoms with Gasteiger partial charge in [0.05, 0.1) is 0 Å². The minimum atomic E-state index is 0.123. The number of hydrogen-bond acceptors (Lipinski definition) is 3. The Morgan fingerprint density at radius 1 is 1.17 bits per heavy atom. The summed E-state index contributed by atoms with van der Waals surface area (Å²) in [5, 5.41) is 5.99. The molecule has 2 aromatic heterocycles. The second-order valence-corrected chi connectivity index (χ2v) is 4.92. The molecule has 0 saturated carbocycles. The number of rotatable bonds is 3. The number of carbonyl (C=O) groups excluding carboxylic acids is 1. The van der Waals surface area contributed by atoms with Crippen molar-refractivity contribution < 1.29 is 4.79 Å². The van der Waals surface area contributed by atoms with E-state index in [9.17, 15) is 4.79 Å². The number of nitrogens with zero attached hydrogens (tertiary/aromatic N) is 1. The molecule has 0 spiro atoms. The zero-order valence-corrected chi connectivity index (χ0v) is 10.5. The highest BCUT2D eigenvalue weighted by Gasteiger charge is 2.11. The van der Waals surface area contributed by atoms with Crippen molar-refractivity contribution in [2.45, 2.75) is 6.42 Å². The Hall–Kier alpha value is -2.00. The van der Waals surface area contributed by atoms with Crippen LogP contribution in [0.15, 0.2) is 53.5 Å². The molecule has 0 saturated heterocycles. The van der Waals surface area contributed by atoms with Gasteiger partial charge in [-0.25, -0.2) is 0 Å². The fourth-order valence-corrected chi connectivity index (χ4v) is 2.68. The van der Waals surface area contributed by atoms with Crippen LogP contribution in [0, 0.1) is 0 Å². The van der Waals surface area contributed by atoms with Gasteiger partial charge in [-0.05, 0) is 27.8 Å². The zero-order valence-electron chi connectivity index (χ0n) is 9.67. The predicted molar refractivity (Wildman–Crippen MR) is 74.1 cm³/mol. The van der Waals surface area contributed by atoms with Gasteiger partial charge in [-0.3, -0.25) is 9.78 Å². The molecule has 0 aliphatic rings. The van der Waals surface area contributed by atoms with E-state index in [-0.39, 0.29) is 5.78 Å². The number of thiophene rings is 1. The topological polar surface area (TPSA) is 30.0 Å². The fourth-order valence-electron chi connectivity index (χ4n) is 2.01. The van der Waals surface area contributed by atoms with Crippen LogP contribution in [-0.2, 0) is 6.42 Å². The third-order valence-electron chi connectivity index (χ3n) is 2.91. The van der Waals surface area contributed by atoms with Crippen molar-refractivity contribution in [2.24, 2.45) is 0 Å². The summed E-state index contributed by atoms with van der Waals surface area (Å²) in [6, 6.07) is 9.84. The maximum absolute atomic E-state index is 12.3. The van der Waals surface area contributed by atoms with Crippen molar-refractivity contribution in [1.29, 1.82) is 0 Å². The lowest BCUT2D eigenvalue weighted by molar-refractivity contribution is 0.0994. The summed E-state index contributed by atoms with van der Waals surface area (Å²) in [5.41, 5.74) is 1.78. The second kappa shape index (κ2) is 4.70. The monoisotopic (exact) mass is 253 g/mol. The summed E-state index contributed by atoms with van der Waals surface area (Å²) in [6.45, 7) is 0. The molecule has 3 aromatic rings. The van der Waals surface area contributed by atoms with Crippen LogP contribution in [0.25, 0.3) is 10.8 Å². The van der Waals surface area contributed by atoms with Crippen molar-refractivity contribution in [1.82, 2.24) is 4.98 Å². The lowest BCUT2D eigenvalue weighted by atomic mass is 10.0. The van der Waals surface area contributed by atoms with Crippen LogP contribution in [-0.4, -0.2) is 10.8 Å². The largest absolute Gasteiger partial charge is 0.294 e. The summed E-state index contributed by atoms with van der Waals surface area (Å²) in [5.74, 6) is 0.123. The van der Waals surface area contributed by atoms with Gasteiger partial charge in [-0.1, -0.05) is 24.3 Å². The molecule has 18 heavy (non-hydrogen) atoms. The summed E-state index contributed by atoms with van der Waals surface area (Å²) < 4.78 is 0. The molecule has 0 bridgehead atoms. The van der Waals surface area contributed by atoms with Crippen LogP contribution in [0.2, 0.25) is 0 Å². The molecule has 3 heteroatoms. The zero-order chi connectivity index (χ0) is 12.4. The number of hydrogen-bond donors (Lipinski definition) is 0. The molecule has 0 aliphatic carbocycles. The Bertz CT molecular complexity index is 683. The van der Waals surface area contributed by atoms with Crippen LogP contribution in [0.1, 0.15) is 15.9 Å². The number of Topliss-reactive ketones (excluding diaryl/α,β-unsaturated/α-hetero) is 1. The van der Waals surface area contributed by atoms with E-state index in [0.29, 0.717) is 12.0 Å². The van der Waals surface area contributed by atoms with Crippen molar-refractivity contribution in [3.8, 4) is 0 Å². The normalized spacial score (nSPS) is 10.7. The molecular weight excluding hydrogens is 242 g/mol. The molecule has 0 amide bonds. The molecule has 0 atom stereocenters. The van der Waals surface area contributed by atoms with Gasteiger partial charge in [0.1, 0.15) is 0 Å². The molecule has 0 radical (unpaired) electrons. The van der Waals surface area contributed by atoms with Gasteiger partial charge in [0.15, 0.2) is 5.78 Å². The third kappa shape index (κ3) is 2.05. The number of ketones is 1. The van der Waals surface area contributed by atoms with E-state index in [1.807, 2.05) is 41.1 Å². The van der Waals surface area contributed by atoms with Gasteiger partial charge in [-0.15, -0.1) is 0 Å². The average molecular weight is 253 g/mol. The van der Waals surface area contributed by atoms with Gasteiger partial charge in [0.25, 0.3) is 0 Å². The lowest BCUT2D eigenvalue weighted by Crippen LogP contribution is -2.04. The first-order valence-corrected chi connectivity index (χ1v) is 6.66. The number of carbonyl (C=O) groups is 1. The van der Waals surface area contributed by atoms with Crippen molar-refractivity contribution in [3.05, 3.63) is 64.6 Å². The van der Waals surface area contributed by atoms with Crippen LogP contribution >= 0.6 is 11.3 Å². The van der Waals surface area contributed by atoms with E-state index in [1.165, 1.54) is 0 Å². The number of benzene rings is 1. The lowest BCUT2D eigenvalue weighted by Gasteiger charge is -2.04. The summed E-state index contributed by atoms with van der Waals surface area (Å²) >= 11 is 1.61. The Morgan fingerprint density at radius 3 is 2.89 bits per heavy atom. The maximum Gasteiger partial charge on any atom is 0.169 e. The number of fused-ring (bicyclic) bond motifs is 1. The fraction of sp³-hybridized carbons (Fsp3) is 0.0667. The highest BCUT2D eigenvalue weighted by atomic mass is 32.1. The summed E-state index contributed by atoms with van der Waals surface area (Å²) in [4.78, 5) is 16.4. The highest BCUT2D eigenvalue weighted by molar-refractivity contribution is 7.08. The van der Waals surface area contributed by atoms with E-state index in [4.69, 9.17) is 0 Å². The molecule has 88 valence electrons. The Balaban J connectivity index is 2.01. The first kappa shape index (κ1) is 11.1. The third-order valence-corrected chi connectivity index (χ3v) is 3.65. The maximum atomic E-state index is 12.3. The Labute approximate surface area is 109 Å². The molecule has 3 rings (SSSR count). The molecule has 0 unspecified atom stereocenters.